The molecule has 2 atom stereocenters. The molecule has 2 nitrogen and oxygen atoms in total. The van der Waals surface area contributed by atoms with Gasteiger partial charge in [-0.05, 0) is 18.9 Å². The molecule has 0 bridgehead atoms. The van der Waals surface area contributed by atoms with Crippen LogP contribution >= 0.6 is 0 Å². The summed E-state index contributed by atoms with van der Waals surface area (Å²) in [6, 6.07) is 10.1. The SMILES string of the molecule is CCO[C@H]1CC(=O)[C@@H]1Cc1ccccc1. The summed E-state index contributed by atoms with van der Waals surface area (Å²) in [6.45, 7) is 2.67. The van der Waals surface area contributed by atoms with Gasteiger partial charge in [0.25, 0.3) is 0 Å². The number of ether oxygens (including phenoxy) is 1. The second kappa shape index (κ2) is 4.58. The Morgan fingerprint density at radius 2 is 2.07 bits per heavy atom. The van der Waals surface area contributed by atoms with Gasteiger partial charge in [0.1, 0.15) is 5.78 Å². The van der Waals surface area contributed by atoms with Gasteiger partial charge in [-0.15, -0.1) is 0 Å². The standard InChI is InChI=1S/C13H16O2/c1-2-15-13-9-12(14)11(13)8-10-6-4-3-5-7-10/h3-7,11,13H,2,8-9H2,1H3/t11-,13-/m0/s1. The van der Waals surface area contributed by atoms with Gasteiger partial charge in [-0.1, -0.05) is 30.3 Å². The number of hydrogen-bond donors (Lipinski definition) is 0. The van der Waals surface area contributed by atoms with E-state index < -0.39 is 0 Å². The van der Waals surface area contributed by atoms with Crippen LogP contribution < -0.4 is 0 Å². The molecule has 0 radical (unpaired) electrons. The van der Waals surface area contributed by atoms with Crippen LogP contribution in [0.15, 0.2) is 30.3 Å². The minimum Gasteiger partial charge on any atom is -0.377 e. The molecule has 1 aromatic carbocycles. The van der Waals surface area contributed by atoms with Gasteiger partial charge in [-0.3, -0.25) is 4.79 Å². The highest BCUT2D eigenvalue weighted by Crippen LogP contribution is 2.29. The first-order valence-corrected chi connectivity index (χ1v) is 5.49. The molecular weight excluding hydrogens is 188 g/mol. The van der Waals surface area contributed by atoms with Crippen molar-refractivity contribution in [1.82, 2.24) is 0 Å². The molecular formula is C13H16O2. The monoisotopic (exact) mass is 204 g/mol. The van der Waals surface area contributed by atoms with Gasteiger partial charge < -0.3 is 4.74 Å². The zero-order chi connectivity index (χ0) is 10.7. The maximum absolute atomic E-state index is 11.4. The lowest BCUT2D eigenvalue weighted by Gasteiger charge is -2.34. The Balaban J connectivity index is 1.96. The van der Waals surface area contributed by atoms with Crippen LogP contribution in [0.5, 0.6) is 0 Å². The molecule has 2 rings (SSSR count). The third kappa shape index (κ3) is 2.26. The smallest absolute Gasteiger partial charge is 0.141 e. The van der Waals surface area contributed by atoms with Crippen LogP contribution in [-0.4, -0.2) is 18.5 Å². The molecule has 15 heavy (non-hydrogen) atoms. The highest BCUT2D eigenvalue weighted by Gasteiger charge is 2.39. The Labute approximate surface area is 90.3 Å². The Morgan fingerprint density at radius 3 is 2.67 bits per heavy atom. The molecule has 0 aliphatic heterocycles. The molecule has 1 aromatic rings. The van der Waals surface area contributed by atoms with Crippen LogP contribution in [0.3, 0.4) is 0 Å². The van der Waals surface area contributed by atoms with E-state index in [9.17, 15) is 4.79 Å². The van der Waals surface area contributed by atoms with E-state index in [0.29, 0.717) is 18.8 Å². The molecule has 0 amide bonds. The van der Waals surface area contributed by atoms with E-state index in [2.05, 4.69) is 12.1 Å². The van der Waals surface area contributed by atoms with Gasteiger partial charge in [0.15, 0.2) is 0 Å². The second-order valence-electron chi connectivity index (χ2n) is 3.96. The third-order valence-electron chi connectivity index (χ3n) is 2.94. The van der Waals surface area contributed by atoms with Crippen LogP contribution in [-0.2, 0) is 16.0 Å². The average molecular weight is 204 g/mol. The van der Waals surface area contributed by atoms with E-state index in [0.717, 1.165) is 6.42 Å². The van der Waals surface area contributed by atoms with Crippen molar-refractivity contribution in [1.29, 1.82) is 0 Å². The molecule has 80 valence electrons. The zero-order valence-corrected chi connectivity index (χ0v) is 8.98. The van der Waals surface area contributed by atoms with Crippen LogP contribution in [0.2, 0.25) is 0 Å². The maximum Gasteiger partial charge on any atom is 0.141 e. The Bertz CT molecular complexity index is 332. The van der Waals surface area contributed by atoms with Crippen LogP contribution in [0.4, 0.5) is 0 Å². The largest absolute Gasteiger partial charge is 0.377 e. The van der Waals surface area contributed by atoms with Crippen molar-refractivity contribution >= 4 is 5.78 Å². The molecule has 2 heteroatoms. The highest BCUT2D eigenvalue weighted by molar-refractivity contribution is 5.88. The number of carbonyl (C=O) groups is 1. The van der Waals surface area contributed by atoms with Crippen LogP contribution in [0, 0.1) is 5.92 Å². The lowest BCUT2D eigenvalue weighted by atomic mass is 9.76. The summed E-state index contributed by atoms with van der Waals surface area (Å²) in [5.74, 6) is 0.435. The van der Waals surface area contributed by atoms with Crippen molar-refractivity contribution in [3.63, 3.8) is 0 Å². The van der Waals surface area contributed by atoms with E-state index in [1.165, 1.54) is 5.56 Å². The minimum atomic E-state index is 0.0901. The zero-order valence-electron chi connectivity index (χ0n) is 8.98. The van der Waals surface area contributed by atoms with Crippen LogP contribution in [0.25, 0.3) is 0 Å². The Kier molecular flexibility index (Phi) is 3.17. The fourth-order valence-corrected chi connectivity index (χ4v) is 2.04. The summed E-state index contributed by atoms with van der Waals surface area (Å²) < 4.78 is 5.51. The summed E-state index contributed by atoms with van der Waals surface area (Å²) in [7, 11) is 0. The molecule has 1 aliphatic carbocycles. The normalized spacial score (nSPS) is 25.0. The summed E-state index contributed by atoms with van der Waals surface area (Å²) in [4.78, 5) is 11.4. The van der Waals surface area contributed by atoms with Crippen molar-refractivity contribution in [2.45, 2.75) is 25.9 Å². The molecule has 0 saturated heterocycles. The van der Waals surface area contributed by atoms with Crippen molar-refractivity contribution in [3.8, 4) is 0 Å². The second-order valence-corrected chi connectivity index (χ2v) is 3.96. The first kappa shape index (κ1) is 10.4. The molecule has 0 N–H and O–H groups in total. The number of carbonyl (C=O) groups excluding carboxylic acids is 1. The van der Waals surface area contributed by atoms with Crippen molar-refractivity contribution in [3.05, 3.63) is 35.9 Å². The average Bonchev–Trinajstić information content (AvgIpc) is 2.27. The first-order valence-electron chi connectivity index (χ1n) is 5.49. The summed E-state index contributed by atoms with van der Waals surface area (Å²) >= 11 is 0. The molecule has 0 spiro atoms. The van der Waals surface area contributed by atoms with E-state index in [1.54, 1.807) is 0 Å². The van der Waals surface area contributed by atoms with Gasteiger partial charge in [-0.25, -0.2) is 0 Å². The van der Waals surface area contributed by atoms with Gasteiger partial charge in [0.2, 0.25) is 0 Å². The van der Waals surface area contributed by atoms with E-state index >= 15 is 0 Å². The maximum atomic E-state index is 11.4. The predicted octanol–water partition coefficient (Wildman–Crippen LogP) is 2.22. The van der Waals surface area contributed by atoms with Gasteiger partial charge >= 0.3 is 0 Å². The number of hydrogen-bond acceptors (Lipinski definition) is 2. The first-order chi connectivity index (χ1) is 7.31. The third-order valence-corrected chi connectivity index (χ3v) is 2.94. The van der Waals surface area contributed by atoms with E-state index in [4.69, 9.17) is 4.74 Å². The Morgan fingerprint density at radius 1 is 1.33 bits per heavy atom. The molecule has 0 unspecified atom stereocenters. The molecule has 0 aromatic heterocycles. The van der Waals surface area contributed by atoms with Crippen molar-refractivity contribution < 1.29 is 9.53 Å². The molecule has 1 aliphatic rings. The quantitative estimate of drug-likeness (QED) is 0.751. The molecule has 1 fully saturated rings. The van der Waals surface area contributed by atoms with Gasteiger partial charge in [0.05, 0.1) is 6.10 Å². The molecule has 1 saturated carbocycles. The summed E-state index contributed by atoms with van der Waals surface area (Å²) in [6.07, 6.45) is 1.58. The highest BCUT2D eigenvalue weighted by atomic mass is 16.5. The number of Topliss-reactive ketones (excluding diaryl/α,β-unsaturated/α-hetero) is 1. The fraction of sp³-hybridized carbons (Fsp3) is 0.462. The van der Waals surface area contributed by atoms with Gasteiger partial charge in [0, 0.05) is 18.9 Å². The van der Waals surface area contributed by atoms with E-state index in [-0.39, 0.29) is 12.0 Å². The number of rotatable bonds is 4. The van der Waals surface area contributed by atoms with E-state index in [1.807, 2.05) is 25.1 Å². The summed E-state index contributed by atoms with van der Waals surface area (Å²) in [5, 5.41) is 0. The lowest BCUT2D eigenvalue weighted by molar-refractivity contribution is -0.144. The number of ketones is 1. The van der Waals surface area contributed by atoms with Crippen LogP contribution in [0.1, 0.15) is 18.9 Å². The topological polar surface area (TPSA) is 26.3 Å². The molecule has 0 heterocycles. The number of benzene rings is 1. The predicted molar refractivity (Wildman–Crippen MR) is 58.7 cm³/mol. The van der Waals surface area contributed by atoms with Crippen molar-refractivity contribution in [2.24, 2.45) is 5.92 Å². The van der Waals surface area contributed by atoms with Gasteiger partial charge in [-0.2, -0.15) is 0 Å². The summed E-state index contributed by atoms with van der Waals surface area (Å²) in [5.41, 5.74) is 1.22. The fourth-order valence-electron chi connectivity index (χ4n) is 2.04. The van der Waals surface area contributed by atoms with Crippen molar-refractivity contribution in [2.75, 3.05) is 6.61 Å². The Hall–Kier alpha value is -1.15. The minimum absolute atomic E-state index is 0.0901. The lowest BCUT2D eigenvalue weighted by Crippen LogP contribution is -2.44.